The standard InChI is InChI=1S/C12H20N4/c1-7-10(13)15-8(2)16-11(7)14-6-9-5-12(9,3)4/h9H,5-6H2,1-4H3,(H3,13,14,15,16). The van der Waals surface area contributed by atoms with E-state index >= 15 is 0 Å². The SMILES string of the molecule is Cc1nc(N)c(C)c(NCC2CC2(C)C)n1. The Morgan fingerprint density at radius 2 is 2.00 bits per heavy atom. The molecule has 1 aliphatic rings. The van der Waals surface area contributed by atoms with Crippen molar-refractivity contribution < 1.29 is 0 Å². The molecule has 1 fully saturated rings. The van der Waals surface area contributed by atoms with E-state index in [1.165, 1.54) is 6.42 Å². The third kappa shape index (κ3) is 2.10. The molecule has 1 heterocycles. The van der Waals surface area contributed by atoms with Crippen molar-refractivity contribution in [3.8, 4) is 0 Å². The number of rotatable bonds is 3. The molecular formula is C12H20N4. The highest BCUT2D eigenvalue weighted by molar-refractivity contribution is 5.54. The Balaban J connectivity index is 2.04. The third-order valence-electron chi connectivity index (χ3n) is 3.53. The lowest BCUT2D eigenvalue weighted by atomic mass is 10.1. The van der Waals surface area contributed by atoms with Crippen LogP contribution in [0.25, 0.3) is 0 Å². The smallest absolute Gasteiger partial charge is 0.134 e. The first-order valence-electron chi connectivity index (χ1n) is 5.75. The normalized spacial score (nSPS) is 21.9. The van der Waals surface area contributed by atoms with Crippen LogP contribution in [0.5, 0.6) is 0 Å². The molecular weight excluding hydrogens is 200 g/mol. The number of aromatic nitrogens is 2. The summed E-state index contributed by atoms with van der Waals surface area (Å²) in [7, 11) is 0. The molecule has 16 heavy (non-hydrogen) atoms. The summed E-state index contributed by atoms with van der Waals surface area (Å²) in [6.07, 6.45) is 1.29. The largest absolute Gasteiger partial charge is 0.383 e. The summed E-state index contributed by atoms with van der Waals surface area (Å²) in [6.45, 7) is 9.39. The molecule has 88 valence electrons. The lowest BCUT2D eigenvalue weighted by molar-refractivity contribution is 0.572. The van der Waals surface area contributed by atoms with Crippen molar-refractivity contribution in [2.75, 3.05) is 17.6 Å². The van der Waals surface area contributed by atoms with Gasteiger partial charge in [0.05, 0.1) is 0 Å². The van der Waals surface area contributed by atoms with Crippen LogP contribution in [-0.2, 0) is 0 Å². The van der Waals surface area contributed by atoms with E-state index in [0.29, 0.717) is 11.2 Å². The molecule has 0 aliphatic heterocycles. The maximum atomic E-state index is 5.81. The van der Waals surface area contributed by atoms with E-state index in [2.05, 4.69) is 29.1 Å². The minimum atomic E-state index is 0.495. The summed E-state index contributed by atoms with van der Waals surface area (Å²) in [4.78, 5) is 8.51. The van der Waals surface area contributed by atoms with Crippen LogP contribution < -0.4 is 11.1 Å². The quantitative estimate of drug-likeness (QED) is 0.819. The van der Waals surface area contributed by atoms with Gasteiger partial charge in [0.25, 0.3) is 0 Å². The van der Waals surface area contributed by atoms with E-state index in [4.69, 9.17) is 5.73 Å². The Labute approximate surface area is 96.7 Å². The summed E-state index contributed by atoms with van der Waals surface area (Å²) in [5.74, 6) is 2.93. The predicted octanol–water partition coefficient (Wildman–Crippen LogP) is 2.13. The van der Waals surface area contributed by atoms with Gasteiger partial charge in [0.2, 0.25) is 0 Å². The van der Waals surface area contributed by atoms with Gasteiger partial charge in [-0.15, -0.1) is 0 Å². The van der Waals surface area contributed by atoms with Crippen molar-refractivity contribution in [2.24, 2.45) is 11.3 Å². The van der Waals surface area contributed by atoms with E-state index in [0.717, 1.165) is 29.7 Å². The fraction of sp³-hybridized carbons (Fsp3) is 0.667. The van der Waals surface area contributed by atoms with Crippen LogP contribution in [0.4, 0.5) is 11.6 Å². The summed E-state index contributed by atoms with van der Waals surface area (Å²) in [6, 6.07) is 0. The Hall–Kier alpha value is -1.32. The molecule has 4 nitrogen and oxygen atoms in total. The molecule has 1 atom stereocenters. The van der Waals surface area contributed by atoms with Gasteiger partial charge in [-0.25, -0.2) is 9.97 Å². The second-order valence-corrected chi connectivity index (χ2v) is 5.40. The number of hydrogen-bond donors (Lipinski definition) is 2. The zero-order valence-corrected chi connectivity index (χ0v) is 10.5. The Bertz CT molecular complexity index is 412. The molecule has 0 spiro atoms. The first-order valence-corrected chi connectivity index (χ1v) is 5.75. The Morgan fingerprint density at radius 3 is 2.56 bits per heavy atom. The average Bonchev–Trinajstić information content (AvgIpc) is 2.78. The second kappa shape index (κ2) is 3.61. The van der Waals surface area contributed by atoms with E-state index in [-0.39, 0.29) is 0 Å². The first kappa shape index (κ1) is 11.2. The average molecular weight is 220 g/mol. The zero-order chi connectivity index (χ0) is 11.9. The van der Waals surface area contributed by atoms with E-state index < -0.39 is 0 Å². The Morgan fingerprint density at radius 1 is 1.38 bits per heavy atom. The van der Waals surface area contributed by atoms with E-state index in [1.807, 2.05) is 13.8 Å². The molecule has 3 N–H and O–H groups in total. The third-order valence-corrected chi connectivity index (χ3v) is 3.53. The van der Waals surface area contributed by atoms with Gasteiger partial charge in [0.15, 0.2) is 0 Å². The van der Waals surface area contributed by atoms with Crippen molar-refractivity contribution in [2.45, 2.75) is 34.1 Å². The van der Waals surface area contributed by atoms with Gasteiger partial charge >= 0.3 is 0 Å². The van der Waals surface area contributed by atoms with Gasteiger partial charge in [-0.05, 0) is 31.6 Å². The van der Waals surface area contributed by atoms with Crippen molar-refractivity contribution in [1.29, 1.82) is 0 Å². The minimum Gasteiger partial charge on any atom is -0.383 e. The van der Waals surface area contributed by atoms with Crippen molar-refractivity contribution in [3.05, 3.63) is 11.4 Å². The summed E-state index contributed by atoms with van der Waals surface area (Å²) in [5.41, 5.74) is 7.25. The molecule has 0 aromatic carbocycles. The summed E-state index contributed by atoms with van der Waals surface area (Å²) < 4.78 is 0. The van der Waals surface area contributed by atoms with Crippen LogP contribution >= 0.6 is 0 Å². The van der Waals surface area contributed by atoms with Gasteiger partial charge in [-0.2, -0.15) is 0 Å². The van der Waals surface area contributed by atoms with Crippen LogP contribution in [0.2, 0.25) is 0 Å². The molecule has 0 saturated heterocycles. The molecule has 1 unspecified atom stereocenters. The molecule has 1 saturated carbocycles. The van der Waals surface area contributed by atoms with Crippen LogP contribution in [0, 0.1) is 25.2 Å². The topological polar surface area (TPSA) is 63.8 Å². The van der Waals surface area contributed by atoms with Crippen molar-refractivity contribution >= 4 is 11.6 Å². The van der Waals surface area contributed by atoms with Crippen molar-refractivity contribution in [1.82, 2.24) is 9.97 Å². The highest BCUT2D eigenvalue weighted by atomic mass is 15.1. The molecule has 1 aromatic heterocycles. The lowest BCUT2D eigenvalue weighted by Crippen LogP contribution is -2.12. The summed E-state index contributed by atoms with van der Waals surface area (Å²) >= 11 is 0. The van der Waals surface area contributed by atoms with Crippen LogP contribution in [0.1, 0.15) is 31.7 Å². The maximum absolute atomic E-state index is 5.81. The van der Waals surface area contributed by atoms with Gasteiger partial charge < -0.3 is 11.1 Å². The molecule has 1 aromatic rings. The number of anilines is 2. The number of nitrogens with two attached hydrogens (primary N) is 1. The zero-order valence-electron chi connectivity index (χ0n) is 10.5. The molecule has 1 aliphatic carbocycles. The fourth-order valence-corrected chi connectivity index (χ4v) is 1.97. The highest BCUT2D eigenvalue weighted by Gasteiger charge is 2.45. The molecule has 4 heteroatoms. The van der Waals surface area contributed by atoms with Crippen LogP contribution in [0.3, 0.4) is 0 Å². The molecule has 2 rings (SSSR count). The minimum absolute atomic E-state index is 0.495. The van der Waals surface area contributed by atoms with Crippen molar-refractivity contribution in [3.63, 3.8) is 0 Å². The second-order valence-electron chi connectivity index (χ2n) is 5.40. The number of aryl methyl sites for hydroxylation is 1. The lowest BCUT2D eigenvalue weighted by Gasteiger charge is -2.11. The van der Waals surface area contributed by atoms with Crippen LogP contribution in [0.15, 0.2) is 0 Å². The van der Waals surface area contributed by atoms with E-state index in [9.17, 15) is 0 Å². The van der Waals surface area contributed by atoms with E-state index in [1.54, 1.807) is 0 Å². The maximum Gasteiger partial charge on any atom is 0.134 e. The molecule has 0 radical (unpaired) electrons. The molecule has 0 bridgehead atoms. The van der Waals surface area contributed by atoms with Gasteiger partial charge in [0.1, 0.15) is 17.5 Å². The number of nitrogen functional groups attached to an aromatic ring is 1. The highest BCUT2D eigenvalue weighted by Crippen LogP contribution is 2.51. The van der Waals surface area contributed by atoms with Crippen LogP contribution in [-0.4, -0.2) is 16.5 Å². The first-order chi connectivity index (χ1) is 7.40. The predicted molar refractivity (Wildman–Crippen MR) is 66.3 cm³/mol. The van der Waals surface area contributed by atoms with Gasteiger partial charge in [-0.3, -0.25) is 0 Å². The monoisotopic (exact) mass is 220 g/mol. The number of nitrogens with one attached hydrogen (secondary N) is 1. The Kier molecular flexibility index (Phi) is 2.52. The summed E-state index contributed by atoms with van der Waals surface area (Å²) in [5, 5.41) is 3.38. The van der Waals surface area contributed by atoms with Gasteiger partial charge in [0, 0.05) is 12.1 Å². The molecule has 0 amide bonds. The number of hydrogen-bond acceptors (Lipinski definition) is 4. The van der Waals surface area contributed by atoms with Gasteiger partial charge in [-0.1, -0.05) is 13.8 Å². The number of nitrogens with zero attached hydrogens (tertiary/aromatic N) is 2. The fourth-order valence-electron chi connectivity index (χ4n) is 1.97.